The summed E-state index contributed by atoms with van der Waals surface area (Å²) >= 11 is 12.3. The highest BCUT2D eigenvalue weighted by Crippen LogP contribution is 2.38. The summed E-state index contributed by atoms with van der Waals surface area (Å²) in [4.78, 5) is 11.8. The highest BCUT2D eigenvalue weighted by atomic mass is 35.5. The average Bonchev–Trinajstić information content (AvgIpc) is 2.37. The summed E-state index contributed by atoms with van der Waals surface area (Å²) in [6.07, 6.45) is -5.15. The van der Waals surface area contributed by atoms with Crippen molar-refractivity contribution < 1.29 is 23.1 Å². The normalized spacial score (nSPS) is 14.2. The molecule has 1 aromatic rings. The highest BCUT2D eigenvalue weighted by Gasteiger charge is 2.55. The second kappa shape index (κ2) is 6.32. The van der Waals surface area contributed by atoms with Gasteiger partial charge in [-0.15, -0.1) is 0 Å². The van der Waals surface area contributed by atoms with Crippen LogP contribution < -0.4 is 5.32 Å². The minimum atomic E-state index is -5.15. The first kappa shape index (κ1) is 17.9. The molecule has 0 radical (unpaired) electrons. The monoisotopic (exact) mass is 358 g/mol. The van der Waals surface area contributed by atoms with Gasteiger partial charge in [-0.3, -0.25) is 4.79 Å². The van der Waals surface area contributed by atoms with Crippen LogP contribution in [0.15, 0.2) is 17.0 Å². The Labute approximate surface area is 131 Å². The lowest BCUT2D eigenvalue weighted by atomic mass is 10.1. The number of anilines is 1. The largest absolute Gasteiger partial charge is 0.426 e. The maximum absolute atomic E-state index is 12.5. The predicted octanol–water partition coefficient (Wildman–Crippen LogP) is 3.82. The summed E-state index contributed by atoms with van der Waals surface area (Å²) in [5.41, 5.74) is -3.79. The quantitative estimate of drug-likeness (QED) is 0.636. The van der Waals surface area contributed by atoms with E-state index in [1.165, 1.54) is 12.1 Å². The molecule has 10 heteroatoms. The standard InChI is InChI=1S/C11H7Cl2F3N2O2S/c1-10(20,11(14,15)16)9(19)18-5-2-3-6(21-4-17)8(13)7(5)12/h2-3,20H,1H3,(H,18,19)/t10-/m1/s1. The topological polar surface area (TPSA) is 73.1 Å². The molecule has 0 unspecified atom stereocenters. The number of benzene rings is 1. The zero-order valence-electron chi connectivity index (χ0n) is 10.3. The summed E-state index contributed by atoms with van der Waals surface area (Å²) in [5, 5.41) is 21.0. The Morgan fingerprint density at radius 3 is 2.43 bits per heavy atom. The summed E-state index contributed by atoms with van der Waals surface area (Å²) in [5.74, 6) is -1.70. The number of carbonyl (C=O) groups excluding carboxylic acids is 1. The zero-order valence-corrected chi connectivity index (χ0v) is 12.6. The molecule has 4 nitrogen and oxygen atoms in total. The highest BCUT2D eigenvalue weighted by molar-refractivity contribution is 8.03. The Morgan fingerprint density at radius 2 is 1.95 bits per heavy atom. The zero-order chi connectivity index (χ0) is 16.4. The number of rotatable bonds is 3. The van der Waals surface area contributed by atoms with E-state index in [0.29, 0.717) is 18.7 Å². The first-order valence-corrected chi connectivity index (χ1v) is 6.74. The van der Waals surface area contributed by atoms with Crippen LogP contribution in [0.25, 0.3) is 0 Å². The number of thioether (sulfide) groups is 1. The summed E-state index contributed by atoms with van der Waals surface area (Å²) < 4.78 is 37.6. The number of halogens is 5. The number of nitriles is 1. The number of nitrogens with zero attached hydrogens (tertiary/aromatic N) is 1. The van der Waals surface area contributed by atoms with E-state index in [2.05, 4.69) is 0 Å². The number of carbonyl (C=O) groups is 1. The van der Waals surface area contributed by atoms with Crippen molar-refractivity contribution >= 4 is 46.6 Å². The van der Waals surface area contributed by atoms with Crippen molar-refractivity contribution in [2.45, 2.75) is 23.6 Å². The first-order valence-electron chi connectivity index (χ1n) is 5.17. The molecule has 0 bridgehead atoms. The molecule has 21 heavy (non-hydrogen) atoms. The van der Waals surface area contributed by atoms with Crippen molar-refractivity contribution in [1.82, 2.24) is 0 Å². The summed E-state index contributed by atoms with van der Waals surface area (Å²) in [6.45, 7) is 0.317. The first-order chi connectivity index (χ1) is 9.52. The van der Waals surface area contributed by atoms with Crippen LogP contribution in [0.3, 0.4) is 0 Å². The molecule has 1 amide bonds. The van der Waals surface area contributed by atoms with Crippen molar-refractivity contribution in [3.8, 4) is 5.40 Å². The molecule has 0 fully saturated rings. The third-order valence-electron chi connectivity index (χ3n) is 2.44. The number of amides is 1. The Balaban J connectivity index is 3.08. The van der Waals surface area contributed by atoms with Crippen LogP contribution in [0.2, 0.25) is 10.0 Å². The minimum Gasteiger partial charge on any atom is -0.373 e. The molecule has 0 spiro atoms. The van der Waals surface area contributed by atoms with Crippen LogP contribution in [0.4, 0.5) is 18.9 Å². The van der Waals surface area contributed by atoms with Gasteiger partial charge in [0.25, 0.3) is 5.91 Å². The molecular weight excluding hydrogens is 352 g/mol. The van der Waals surface area contributed by atoms with Gasteiger partial charge >= 0.3 is 6.18 Å². The van der Waals surface area contributed by atoms with Crippen LogP contribution in [0, 0.1) is 10.7 Å². The van der Waals surface area contributed by atoms with E-state index in [0.717, 1.165) is 0 Å². The smallest absolute Gasteiger partial charge is 0.373 e. The van der Waals surface area contributed by atoms with Crippen molar-refractivity contribution in [3.05, 3.63) is 22.2 Å². The fourth-order valence-electron chi connectivity index (χ4n) is 1.13. The fourth-order valence-corrected chi connectivity index (χ4v) is 2.10. The number of hydrogen-bond acceptors (Lipinski definition) is 4. The van der Waals surface area contributed by atoms with Crippen LogP contribution in [0.1, 0.15) is 6.92 Å². The molecule has 1 atom stereocenters. The lowest BCUT2D eigenvalue weighted by Gasteiger charge is -2.25. The molecule has 114 valence electrons. The van der Waals surface area contributed by atoms with Crippen molar-refractivity contribution in [2.24, 2.45) is 0 Å². The third-order valence-corrected chi connectivity index (χ3v) is 4.09. The number of aliphatic hydroxyl groups is 1. The van der Waals surface area contributed by atoms with E-state index >= 15 is 0 Å². The van der Waals surface area contributed by atoms with E-state index in [4.69, 9.17) is 28.5 Å². The minimum absolute atomic E-state index is 0.0901. The average molecular weight is 359 g/mol. The molecule has 0 aliphatic heterocycles. The number of alkyl halides is 3. The Morgan fingerprint density at radius 1 is 1.38 bits per heavy atom. The molecule has 0 aliphatic carbocycles. The van der Waals surface area contributed by atoms with Gasteiger partial charge in [0.15, 0.2) is 0 Å². The van der Waals surface area contributed by atoms with Crippen LogP contribution in [0.5, 0.6) is 0 Å². The van der Waals surface area contributed by atoms with Crippen LogP contribution in [-0.2, 0) is 4.79 Å². The van der Waals surface area contributed by atoms with Gasteiger partial charge < -0.3 is 10.4 Å². The fraction of sp³-hybridized carbons (Fsp3) is 0.273. The van der Waals surface area contributed by atoms with Gasteiger partial charge in [0.05, 0.1) is 15.7 Å². The van der Waals surface area contributed by atoms with Gasteiger partial charge in [-0.2, -0.15) is 18.4 Å². The lowest BCUT2D eigenvalue weighted by molar-refractivity contribution is -0.242. The third kappa shape index (κ3) is 3.74. The lowest BCUT2D eigenvalue weighted by Crippen LogP contribution is -2.52. The van der Waals surface area contributed by atoms with Crippen LogP contribution in [-0.4, -0.2) is 22.8 Å². The van der Waals surface area contributed by atoms with Gasteiger partial charge in [0.2, 0.25) is 5.60 Å². The molecule has 2 N–H and O–H groups in total. The van der Waals surface area contributed by atoms with Crippen molar-refractivity contribution in [3.63, 3.8) is 0 Å². The molecule has 0 heterocycles. The molecule has 0 saturated heterocycles. The molecular formula is C11H7Cl2F3N2O2S. The molecule has 0 aromatic heterocycles. The van der Waals surface area contributed by atoms with Crippen LogP contribution >= 0.6 is 35.0 Å². The Bertz CT molecular complexity index is 615. The van der Waals surface area contributed by atoms with E-state index in [1.54, 1.807) is 5.40 Å². The SMILES string of the molecule is C[C@@](O)(C(=O)Nc1ccc(SC#N)c(Cl)c1Cl)C(F)(F)F. The number of hydrogen-bond donors (Lipinski definition) is 2. The van der Waals surface area contributed by atoms with Gasteiger partial charge in [0, 0.05) is 4.90 Å². The van der Waals surface area contributed by atoms with E-state index in [1.807, 2.05) is 5.32 Å². The van der Waals surface area contributed by atoms with Gasteiger partial charge in [-0.05, 0) is 30.8 Å². The summed E-state index contributed by atoms with van der Waals surface area (Å²) in [6, 6.07) is 2.48. The molecule has 0 aliphatic rings. The predicted molar refractivity (Wildman–Crippen MR) is 73.2 cm³/mol. The number of thiocyanates is 1. The van der Waals surface area contributed by atoms with Crippen molar-refractivity contribution in [1.29, 1.82) is 5.26 Å². The molecule has 1 aromatic carbocycles. The van der Waals surface area contributed by atoms with Gasteiger partial charge in [0.1, 0.15) is 5.40 Å². The number of nitrogens with one attached hydrogen (secondary N) is 1. The Hall–Kier alpha value is -1.14. The second-order valence-electron chi connectivity index (χ2n) is 3.96. The maximum Gasteiger partial charge on any atom is 0.426 e. The second-order valence-corrected chi connectivity index (χ2v) is 5.54. The van der Waals surface area contributed by atoms with Gasteiger partial charge in [-0.1, -0.05) is 23.2 Å². The van der Waals surface area contributed by atoms with Crippen molar-refractivity contribution in [2.75, 3.05) is 5.32 Å². The maximum atomic E-state index is 12.5. The van der Waals surface area contributed by atoms with E-state index < -0.39 is 17.7 Å². The Kier molecular flexibility index (Phi) is 5.39. The molecule has 1 rings (SSSR count). The molecule has 0 saturated carbocycles. The van der Waals surface area contributed by atoms with Gasteiger partial charge in [-0.25, -0.2) is 0 Å². The van der Waals surface area contributed by atoms with E-state index in [9.17, 15) is 23.1 Å². The summed E-state index contributed by atoms with van der Waals surface area (Å²) in [7, 11) is 0. The van der Waals surface area contributed by atoms with E-state index in [-0.39, 0.29) is 20.6 Å².